The van der Waals surface area contributed by atoms with Gasteiger partial charge < -0.3 is 9.64 Å². The highest BCUT2D eigenvalue weighted by Crippen LogP contribution is 2.28. The summed E-state index contributed by atoms with van der Waals surface area (Å²) >= 11 is 0. The lowest BCUT2D eigenvalue weighted by atomic mass is 10.1. The first kappa shape index (κ1) is 13.8. The van der Waals surface area contributed by atoms with Crippen LogP contribution in [-0.4, -0.2) is 24.1 Å². The van der Waals surface area contributed by atoms with Crippen molar-refractivity contribution in [3.8, 4) is 11.8 Å². The van der Waals surface area contributed by atoms with E-state index >= 15 is 0 Å². The topological polar surface area (TPSA) is 62.0 Å². The Morgan fingerprint density at radius 1 is 1.30 bits per heavy atom. The smallest absolute Gasteiger partial charge is 0.145 e. The molecule has 0 saturated carbocycles. The summed E-state index contributed by atoms with van der Waals surface area (Å²) in [7, 11) is 3.58. The molecule has 2 aromatic rings. The highest BCUT2D eigenvalue weighted by atomic mass is 16.5. The maximum Gasteiger partial charge on any atom is 0.145 e. The van der Waals surface area contributed by atoms with Crippen LogP contribution in [0, 0.1) is 11.3 Å². The highest BCUT2D eigenvalue weighted by Gasteiger charge is 2.09. The second kappa shape index (κ2) is 6.02. The van der Waals surface area contributed by atoms with Crippen molar-refractivity contribution in [2.24, 2.45) is 0 Å². The molecule has 0 aliphatic rings. The second-order valence-corrected chi connectivity index (χ2v) is 4.28. The minimum Gasteiger partial charge on any atom is -0.496 e. The van der Waals surface area contributed by atoms with E-state index < -0.39 is 0 Å². The molecule has 2 rings (SSSR count). The van der Waals surface area contributed by atoms with Crippen molar-refractivity contribution in [1.82, 2.24) is 9.97 Å². The molecule has 0 amide bonds. The Bertz CT molecular complexity index is 649. The van der Waals surface area contributed by atoms with Gasteiger partial charge in [-0.25, -0.2) is 9.97 Å². The fourth-order valence-corrected chi connectivity index (χ4v) is 1.97. The number of benzene rings is 1. The lowest BCUT2D eigenvalue weighted by molar-refractivity contribution is 0.410. The van der Waals surface area contributed by atoms with Crippen molar-refractivity contribution in [2.45, 2.75) is 13.3 Å². The molecule has 0 bridgehead atoms. The third-order valence-electron chi connectivity index (χ3n) is 3.14. The Labute approximate surface area is 118 Å². The standard InChI is InChI=1S/C15H16N4O/c1-4-11-7-13(5-6-14(11)20-3)19(2)15-8-12(9-16)17-10-18-15/h5-8,10H,4H2,1-3H3. The van der Waals surface area contributed by atoms with E-state index in [1.54, 1.807) is 13.2 Å². The van der Waals surface area contributed by atoms with Gasteiger partial charge in [-0.2, -0.15) is 5.26 Å². The van der Waals surface area contributed by atoms with Gasteiger partial charge in [0.15, 0.2) is 0 Å². The maximum atomic E-state index is 8.89. The minimum atomic E-state index is 0.353. The van der Waals surface area contributed by atoms with Crippen LogP contribution in [-0.2, 0) is 6.42 Å². The summed E-state index contributed by atoms with van der Waals surface area (Å²) in [6, 6.07) is 9.65. The van der Waals surface area contributed by atoms with Crippen LogP contribution in [0.5, 0.6) is 5.75 Å². The fourth-order valence-electron chi connectivity index (χ4n) is 1.97. The summed E-state index contributed by atoms with van der Waals surface area (Å²) in [6.45, 7) is 2.08. The van der Waals surface area contributed by atoms with E-state index in [1.165, 1.54) is 6.33 Å². The summed E-state index contributed by atoms with van der Waals surface area (Å²) in [6.07, 6.45) is 2.28. The van der Waals surface area contributed by atoms with Gasteiger partial charge in [0.2, 0.25) is 0 Å². The highest BCUT2D eigenvalue weighted by molar-refractivity contribution is 5.62. The Morgan fingerprint density at radius 3 is 2.75 bits per heavy atom. The molecule has 1 aromatic heterocycles. The third-order valence-corrected chi connectivity index (χ3v) is 3.14. The van der Waals surface area contributed by atoms with Crippen LogP contribution in [0.25, 0.3) is 0 Å². The van der Waals surface area contributed by atoms with Gasteiger partial charge in [0.25, 0.3) is 0 Å². The Hall–Kier alpha value is -2.61. The summed E-state index contributed by atoms with van der Waals surface area (Å²) in [5.41, 5.74) is 2.47. The molecular formula is C15H16N4O. The van der Waals surface area contributed by atoms with Crippen molar-refractivity contribution in [2.75, 3.05) is 19.1 Å². The number of aryl methyl sites for hydroxylation is 1. The lowest BCUT2D eigenvalue weighted by Gasteiger charge is -2.19. The predicted molar refractivity (Wildman–Crippen MR) is 77.2 cm³/mol. The molecule has 0 aliphatic heterocycles. The number of anilines is 2. The van der Waals surface area contributed by atoms with E-state index in [9.17, 15) is 0 Å². The predicted octanol–water partition coefficient (Wildman–Crippen LogP) is 2.69. The molecular weight excluding hydrogens is 252 g/mol. The molecule has 0 radical (unpaired) electrons. The van der Waals surface area contributed by atoms with E-state index in [0.29, 0.717) is 11.5 Å². The number of rotatable bonds is 4. The number of ether oxygens (including phenoxy) is 1. The molecule has 0 unspecified atom stereocenters. The van der Waals surface area contributed by atoms with Crippen molar-refractivity contribution in [3.05, 3.63) is 41.9 Å². The largest absolute Gasteiger partial charge is 0.496 e. The van der Waals surface area contributed by atoms with Crippen LogP contribution < -0.4 is 9.64 Å². The van der Waals surface area contributed by atoms with Crippen LogP contribution in [0.2, 0.25) is 0 Å². The molecule has 5 heteroatoms. The number of methoxy groups -OCH3 is 1. The average Bonchev–Trinajstić information content (AvgIpc) is 2.53. The Morgan fingerprint density at radius 2 is 2.10 bits per heavy atom. The van der Waals surface area contributed by atoms with E-state index in [0.717, 1.165) is 23.4 Å². The number of hydrogen-bond acceptors (Lipinski definition) is 5. The van der Waals surface area contributed by atoms with Gasteiger partial charge in [-0.05, 0) is 30.2 Å². The summed E-state index contributed by atoms with van der Waals surface area (Å²) in [5.74, 6) is 1.56. The van der Waals surface area contributed by atoms with E-state index in [1.807, 2.05) is 30.1 Å². The van der Waals surface area contributed by atoms with Gasteiger partial charge in [-0.15, -0.1) is 0 Å². The zero-order chi connectivity index (χ0) is 14.5. The Balaban J connectivity index is 2.37. The van der Waals surface area contributed by atoms with Crippen LogP contribution in [0.3, 0.4) is 0 Å². The average molecular weight is 268 g/mol. The molecule has 5 nitrogen and oxygen atoms in total. The first-order valence-corrected chi connectivity index (χ1v) is 6.32. The number of aromatic nitrogens is 2. The summed E-state index contributed by atoms with van der Waals surface area (Å²) in [5, 5.41) is 8.89. The molecule has 0 atom stereocenters. The van der Waals surface area contributed by atoms with Gasteiger partial charge in [-0.3, -0.25) is 0 Å². The fraction of sp³-hybridized carbons (Fsp3) is 0.267. The molecule has 102 valence electrons. The minimum absolute atomic E-state index is 0.353. The molecule has 0 saturated heterocycles. The van der Waals surface area contributed by atoms with E-state index in [2.05, 4.69) is 23.0 Å². The lowest BCUT2D eigenvalue weighted by Crippen LogP contribution is -2.12. The first-order valence-electron chi connectivity index (χ1n) is 6.32. The second-order valence-electron chi connectivity index (χ2n) is 4.28. The first-order chi connectivity index (χ1) is 9.69. The quantitative estimate of drug-likeness (QED) is 0.853. The van der Waals surface area contributed by atoms with Gasteiger partial charge >= 0.3 is 0 Å². The van der Waals surface area contributed by atoms with Crippen LogP contribution >= 0.6 is 0 Å². The van der Waals surface area contributed by atoms with Gasteiger partial charge in [0, 0.05) is 18.8 Å². The van der Waals surface area contributed by atoms with Crippen molar-refractivity contribution in [1.29, 1.82) is 5.26 Å². The number of hydrogen-bond donors (Lipinski definition) is 0. The molecule has 20 heavy (non-hydrogen) atoms. The SMILES string of the molecule is CCc1cc(N(C)c2cc(C#N)ncn2)ccc1OC. The van der Waals surface area contributed by atoms with Crippen LogP contribution in [0.4, 0.5) is 11.5 Å². The van der Waals surface area contributed by atoms with Crippen molar-refractivity contribution >= 4 is 11.5 Å². The number of nitrogens with zero attached hydrogens (tertiary/aromatic N) is 4. The molecule has 0 N–H and O–H groups in total. The monoisotopic (exact) mass is 268 g/mol. The van der Waals surface area contributed by atoms with Crippen molar-refractivity contribution in [3.63, 3.8) is 0 Å². The molecule has 1 aromatic carbocycles. The Kier molecular flexibility index (Phi) is 4.16. The van der Waals surface area contributed by atoms with E-state index in [-0.39, 0.29) is 0 Å². The zero-order valence-corrected chi connectivity index (χ0v) is 11.8. The van der Waals surface area contributed by atoms with Gasteiger partial charge in [0.1, 0.15) is 29.7 Å². The molecule has 0 fully saturated rings. The van der Waals surface area contributed by atoms with Crippen LogP contribution in [0.15, 0.2) is 30.6 Å². The van der Waals surface area contributed by atoms with Crippen LogP contribution in [0.1, 0.15) is 18.2 Å². The number of nitriles is 1. The molecule has 1 heterocycles. The third kappa shape index (κ3) is 2.69. The van der Waals surface area contributed by atoms with Gasteiger partial charge in [0.05, 0.1) is 7.11 Å². The normalized spacial score (nSPS) is 9.90. The molecule has 0 spiro atoms. The van der Waals surface area contributed by atoms with Gasteiger partial charge in [-0.1, -0.05) is 6.92 Å². The summed E-state index contributed by atoms with van der Waals surface area (Å²) < 4.78 is 5.33. The maximum absolute atomic E-state index is 8.89. The van der Waals surface area contributed by atoms with E-state index in [4.69, 9.17) is 10.00 Å². The summed E-state index contributed by atoms with van der Waals surface area (Å²) in [4.78, 5) is 9.99. The van der Waals surface area contributed by atoms with Crippen molar-refractivity contribution < 1.29 is 4.74 Å². The molecule has 0 aliphatic carbocycles. The zero-order valence-electron chi connectivity index (χ0n) is 11.8.